The lowest BCUT2D eigenvalue weighted by molar-refractivity contribution is 0.206. The number of benzene rings is 2. The van der Waals surface area contributed by atoms with Crippen LogP contribution in [0, 0.1) is 0 Å². The van der Waals surface area contributed by atoms with E-state index in [9.17, 15) is 0 Å². The zero-order valence-corrected chi connectivity index (χ0v) is 14.4. The van der Waals surface area contributed by atoms with Crippen molar-refractivity contribution in [2.75, 3.05) is 0 Å². The standard InChI is InChI=1S/C19H24OSi/c1-4-18(5-2)20-21-19-13-11-17(12-14-19)15(3)16-9-7-6-8-10-16/h6-14,18H,3-5,21H2,1-2H3. The summed E-state index contributed by atoms with van der Waals surface area (Å²) in [5.74, 6) is 0. The van der Waals surface area contributed by atoms with Crippen molar-refractivity contribution >= 4 is 20.5 Å². The predicted molar refractivity (Wildman–Crippen MR) is 94.7 cm³/mol. The van der Waals surface area contributed by atoms with E-state index in [2.05, 4.69) is 56.8 Å². The van der Waals surface area contributed by atoms with Crippen molar-refractivity contribution < 1.29 is 4.43 Å². The van der Waals surface area contributed by atoms with E-state index in [1.54, 1.807) is 0 Å². The molecule has 0 fully saturated rings. The molecule has 0 spiro atoms. The molecule has 0 unspecified atom stereocenters. The highest BCUT2D eigenvalue weighted by molar-refractivity contribution is 6.46. The second-order valence-electron chi connectivity index (χ2n) is 5.29. The van der Waals surface area contributed by atoms with Gasteiger partial charge in [-0.1, -0.05) is 75.0 Å². The molecule has 0 saturated heterocycles. The molecule has 0 radical (unpaired) electrons. The third-order valence-corrected chi connectivity index (χ3v) is 5.26. The quantitative estimate of drug-likeness (QED) is 0.709. The van der Waals surface area contributed by atoms with Crippen LogP contribution in [-0.4, -0.2) is 15.9 Å². The minimum Gasteiger partial charge on any atom is -0.416 e. The SMILES string of the molecule is C=C(c1ccccc1)c1ccc([SiH2]OC(CC)CC)cc1. The lowest BCUT2D eigenvalue weighted by Crippen LogP contribution is -2.23. The lowest BCUT2D eigenvalue weighted by atomic mass is 10.00. The molecular formula is C19H24OSi. The molecular weight excluding hydrogens is 272 g/mol. The Balaban J connectivity index is 2.00. The van der Waals surface area contributed by atoms with Gasteiger partial charge in [0.1, 0.15) is 0 Å². The normalized spacial score (nSPS) is 11.4. The van der Waals surface area contributed by atoms with Gasteiger partial charge in [0.2, 0.25) is 0 Å². The van der Waals surface area contributed by atoms with E-state index in [1.807, 2.05) is 18.2 Å². The Morgan fingerprint density at radius 2 is 1.52 bits per heavy atom. The summed E-state index contributed by atoms with van der Waals surface area (Å²) in [4.78, 5) is 0. The first-order valence-electron chi connectivity index (χ1n) is 7.69. The summed E-state index contributed by atoms with van der Waals surface area (Å²) in [6.45, 7) is 8.59. The fourth-order valence-electron chi connectivity index (χ4n) is 2.35. The third-order valence-electron chi connectivity index (χ3n) is 3.82. The van der Waals surface area contributed by atoms with Crippen molar-refractivity contribution in [2.45, 2.75) is 32.8 Å². The first-order valence-corrected chi connectivity index (χ1v) is 8.98. The van der Waals surface area contributed by atoms with Crippen molar-refractivity contribution in [3.05, 3.63) is 72.3 Å². The summed E-state index contributed by atoms with van der Waals surface area (Å²) in [6.07, 6.45) is 2.63. The molecule has 0 aliphatic carbocycles. The van der Waals surface area contributed by atoms with E-state index in [1.165, 1.54) is 16.3 Å². The Labute approximate surface area is 130 Å². The van der Waals surface area contributed by atoms with Crippen LogP contribution in [0.2, 0.25) is 0 Å². The minimum atomic E-state index is -0.614. The summed E-state index contributed by atoms with van der Waals surface area (Å²) < 4.78 is 6.03. The second-order valence-corrected chi connectivity index (χ2v) is 6.73. The van der Waals surface area contributed by atoms with Gasteiger partial charge in [0.15, 0.2) is 9.76 Å². The number of hydrogen-bond donors (Lipinski definition) is 0. The van der Waals surface area contributed by atoms with E-state index >= 15 is 0 Å². The topological polar surface area (TPSA) is 9.23 Å². The fraction of sp³-hybridized carbons (Fsp3) is 0.263. The molecule has 0 aromatic heterocycles. The third kappa shape index (κ3) is 4.41. The van der Waals surface area contributed by atoms with Gasteiger partial charge >= 0.3 is 0 Å². The highest BCUT2D eigenvalue weighted by Gasteiger charge is 2.05. The Morgan fingerprint density at radius 3 is 2.10 bits per heavy atom. The molecule has 21 heavy (non-hydrogen) atoms. The largest absolute Gasteiger partial charge is 0.416 e. The van der Waals surface area contributed by atoms with Crippen molar-refractivity contribution in [2.24, 2.45) is 0 Å². The van der Waals surface area contributed by atoms with Gasteiger partial charge in [-0.05, 0) is 34.7 Å². The van der Waals surface area contributed by atoms with Crippen molar-refractivity contribution in [3.8, 4) is 0 Å². The van der Waals surface area contributed by atoms with Crippen molar-refractivity contribution in [1.29, 1.82) is 0 Å². The van der Waals surface area contributed by atoms with E-state index in [4.69, 9.17) is 4.43 Å². The number of rotatable bonds is 7. The molecule has 2 aromatic carbocycles. The maximum atomic E-state index is 6.03. The Kier molecular flexibility index (Phi) is 5.97. The molecule has 1 nitrogen and oxygen atoms in total. The van der Waals surface area contributed by atoms with Gasteiger partial charge in [0.05, 0.1) is 0 Å². The molecule has 0 aliphatic heterocycles. The van der Waals surface area contributed by atoms with Crippen LogP contribution in [0.15, 0.2) is 61.2 Å². The molecule has 0 saturated carbocycles. The van der Waals surface area contributed by atoms with Crippen LogP contribution in [0.1, 0.15) is 37.8 Å². The molecule has 0 atom stereocenters. The first kappa shape index (κ1) is 15.7. The maximum absolute atomic E-state index is 6.03. The highest BCUT2D eigenvalue weighted by atomic mass is 28.2. The average molecular weight is 296 g/mol. The van der Waals surface area contributed by atoms with Gasteiger partial charge in [0.25, 0.3) is 0 Å². The van der Waals surface area contributed by atoms with Gasteiger partial charge in [0, 0.05) is 6.10 Å². The molecule has 0 heterocycles. The maximum Gasteiger partial charge on any atom is 0.192 e. The molecule has 0 bridgehead atoms. The van der Waals surface area contributed by atoms with Crippen LogP contribution in [0.5, 0.6) is 0 Å². The van der Waals surface area contributed by atoms with E-state index in [0.29, 0.717) is 6.10 Å². The van der Waals surface area contributed by atoms with Gasteiger partial charge in [-0.25, -0.2) is 0 Å². The highest BCUT2D eigenvalue weighted by Crippen LogP contribution is 2.20. The smallest absolute Gasteiger partial charge is 0.192 e. The summed E-state index contributed by atoms with van der Waals surface area (Å²) in [7, 11) is -0.614. The van der Waals surface area contributed by atoms with Crippen LogP contribution >= 0.6 is 0 Å². The van der Waals surface area contributed by atoms with Gasteiger partial charge in [-0.15, -0.1) is 0 Å². The summed E-state index contributed by atoms with van der Waals surface area (Å²) in [5, 5.41) is 1.35. The zero-order chi connectivity index (χ0) is 15.1. The fourth-order valence-corrected chi connectivity index (χ4v) is 3.67. The summed E-state index contributed by atoms with van der Waals surface area (Å²) in [6, 6.07) is 19.0. The molecule has 2 heteroatoms. The van der Waals surface area contributed by atoms with Gasteiger partial charge in [-0.3, -0.25) is 0 Å². The molecule has 0 N–H and O–H groups in total. The number of hydrogen-bond acceptors (Lipinski definition) is 1. The predicted octanol–water partition coefficient (Wildman–Crippen LogP) is 3.66. The molecule has 110 valence electrons. The lowest BCUT2D eigenvalue weighted by Gasteiger charge is -2.14. The average Bonchev–Trinajstić information content (AvgIpc) is 2.56. The Morgan fingerprint density at radius 1 is 0.952 bits per heavy atom. The van der Waals surface area contributed by atoms with E-state index in [-0.39, 0.29) is 0 Å². The molecule has 0 amide bonds. The Bertz CT molecular complexity index is 556. The van der Waals surface area contributed by atoms with E-state index in [0.717, 1.165) is 18.4 Å². The Hall–Kier alpha value is -1.64. The van der Waals surface area contributed by atoms with E-state index < -0.39 is 9.76 Å². The molecule has 2 rings (SSSR count). The van der Waals surface area contributed by atoms with Crippen LogP contribution in [0.3, 0.4) is 0 Å². The summed E-state index contributed by atoms with van der Waals surface area (Å²) in [5.41, 5.74) is 3.43. The second kappa shape index (κ2) is 7.96. The minimum absolute atomic E-state index is 0.427. The molecule has 0 aliphatic rings. The first-order chi connectivity index (χ1) is 10.2. The monoisotopic (exact) mass is 296 g/mol. The van der Waals surface area contributed by atoms with Crippen LogP contribution < -0.4 is 5.19 Å². The summed E-state index contributed by atoms with van der Waals surface area (Å²) >= 11 is 0. The van der Waals surface area contributed by atoms with Crippen molar-refractivity contribution in [1.82, 2.24) is 0 Å². The van der Waals surface area contributed by atoms with Crippen LogP contribution in [0.4, 0.5) is 0 Å². The van der Waals surface area contributed by atoms with Crippen molar-refractivity contribution in [3.63, 3.8) is 0 Å². The zero-order valence-electron chi connectivity index (χ0n) is 13.0. The van der Waals surface area contributed by atoms with Gasteiger partial charge < -0.3 is 4.43 Å². The molecule has 2 aromatic rings. The van der Waals surface area contributed by atoms with Gasteiger partial charge in [-0.2, -0.15) is 0 Å². The van der Waals surface area contributed by atoms with Crippen LogP contribution in [-0.2, 0) is 4.43 Å². The van der Waals surface area contributed by atoms with Crippen LogP contribution in [0.25, 0.3) is 5.57 Å².